The number of carbonyl (C=O) groups excluding carboxylic acids is 1. The molecule has 0 fully saturated rings. The fourth-order valence-electron chi connectivity index (χ4n) is 2.11. The van der Waals surface area contributed by atoms with Gasteiger partial charge in [-0.05, 0) is 46.3 Å². The first-order chi connectivity index (χ1) is 11.1. The van der Waals surface area contributed by atoms with Crippen LogP contribution in [0.4, 0.5) is 5.13 Å². The van der Waals surface area contributed by atoms with Gasteiger partial charge in [0, 0.05) is 4.47 Å². The van der Waals surface area contributed by atoms with Gasteiger partial charge in [0.15, 0.2) is 5.13 Å². The largest absolute Gasteiger partial charge is 0.497 e. The molecule has 1 aromatic heterocycles. The maximum Gasteiger partial charge on any atom is 0.258 e. The van der Waals surface area contributed by atoms with Crippen LogP contribution in [0.3, 0.4) is 0 Å². The Morgan fingerprint density at radius 3 is 2.78 bits per heavy atom. The number of thiazole rings is 1. The first kappa shape index (κ1) is 15.8. The second-order valence-corrected chi connectivity index (χ2v) is 6.51. The lowest BCUT2D eigenvalue weighted by atomic mass is 10.2. The van der Waals surface area contributed by atoms with Gasteiger partial charge in [-0.1, -0.05) is 17.4 Å². The highest BCUT2D eigenvalue weighted by Gasteiger charge is 2.15. The van der Waals surface area contributed by atoms with Gasteiger partial charge in [-0.2, -0.15) is 0 Å². The number of methoxy groups -OCH3 is 2. The van der Waals surface area contributed by atoms with Crippen molar-refractivity contribution < 1.29 is 14.3 Å². The average molecular weight is 393 g/mol. The van der Waals surface area contributed by atoms with Crippen LogP contribution < -0.4 is 14.8 Å². The molecule has 3 rings (SSSR count). The molecular formula is C16H13BrN2O3S. The Labute approximate surface area is 145 Å². The number of halogens is 1. The Morgan fingerprint density at radius 1 is 1.22 bits per heavy atom. The standard InChI is InChI=1S/C16H13BrN2O3S/c1-21-9-6-7-11(17)10(8-9)15(20)19-16-18-14-12(22-2)4-3-5-13(14)23-16/h3-8H,1-2H3,(H,18,19,20). The van der Waals surface area contributed by atoms with Gasteiger partial charge >= 0.3 is 0 Å². The van der Waals surface area contributed by atoms with Gasteiger partial charge in [-0.3, -0.25) is 10.1 Å². The van der Waals surface area contributed by atoms with Gasteiger partial charge in [0.25, 0.3) is 5.91 Å². The molecule has 1 amide bonds. The molecular weight excluding hydrogens is 380 g/mol. The number of fused-ring (bicyclic) bond motifs is 1. The number of amides is 1. The van der Waals surface area contributed by atoms with Crippen LogP contribution in [0.1, 0.15) is 10.4 Å². The molecule has 3 aromatic rings. The molecule has 118 valence electrons. The first-order valence-corrected chi connectivity index (χ1v) is 8.31. The fraction of sp³-hybridized carbons (Fsp3) is 0.125. The maximum absolute atomic E-state index is 12.5. The van der Waals surface area contributed by atoms with Gasteiger partial charge in [0.2, 0.25) is 0 Å². The van der Waals surface area contributed by atoms with Crippen LogP contribution in [0.25, 0.3) is 10.2 Å². The molecule has 1 heterocycles. The van der Waals surface area contributed by atoms with Crippen LogP contribution in [0.15, 0.2) is 40.9 Å². The van der Waals surface area contributed by atoms with E-state index < -0.39 is 0 Å². The molecule has 0 bridgehead atoms. The summed E-state index contributed by atoms with van der Waals surface area (Å²) in [5.74, 6) is 1.04. The normalized spacial score (nSPS) is 10.6. The molecule has 0 saturated carbocycles. The highest BCUT2D eigenvalue weighted by molar-refractivity contribution is 9.10. The minimum Gasteiger partial charge on any atom is -0.497 e. The zero-order valence-corrected chi connectivity index (χ0v) is 14.8. The summed E-state index contributed by atoms with van der Waals surface area (Å²) in [7, 11) is 3.16. The summed E-state index contributed by atoms with van der Waals surface area (Å²) < 4.78 is 12.1. The van der Waals surface area contributed by atoms with Gasteiger partial charge in [-0.25, -0.2) is 4.98 Å². The maximum atomic E-state index is 12.5. The third-order valence-corrected chi connectivity index (χ3v) is 4.87. The molecule has 0 spiro atoms. The Morgan fingerprint density at radius 2 is 2.04 bits per heavy atom. The van der Waals surface area contributed by atoms with E-state index in [1.807, 2.05) is 18.2 Å². The summed E-state index contributed by atoms with van der Waals surface area (Å²) in [4.78, 5) is 16.9. The lowest BCUT2D eigenvalue weighted by Gasteiger charge is -2.06. The molecule has 0 aliphatic carbocycles. The van der Waals surface area contributed by atoms with Crippen molar-refractivity contribution in [2.24, 2.45) is 0 Å². The third kappa shape index (κ3) is 3.16. The Hall–Kier alpha value is -2.12. The summed E-state index contributed by atoms with van der Waals surface area (Å²) in [5.41, 5.74) is 1.22. The minimum atomic E-state index is -0.256. The number of ether oxygens (including phenoxy) is 2. The molecule has 0 unspecified atom stereocenters. The van der Waals surface area contributed by atoms with Crippen molar-refractivity contribution in [2.45, 2.75) is 0 Å². The van der Waals surface area contributed by atoms with E-state index in [1.54, 1.807) is 32.4 Å². The Bertz CT molecular complexity index is 879. The van der Waals surface area contributed by atoms with Crippen molar-refractivity contribution in [1.29, 1.82) is 0 Å². The van der Waals surface area contributed by atoms with Gasteiger partial charge < -0.3 is 9.47 Å². The molecule has 0 atom stereocenters. The first-order valence-electron chi connectivity index (χ1n) is 6.71. The van der Waals surface area contributed by atoms with Crippen LogP contribution in [0.5, 0.6) is 11.5 Å². The summed E-state index contributed by atoms with van der Waals surface area (Å²) in [5, 5.41) is 3.34. The number of hydrogen-bond acceptors (Lipinski definition) is 5. The van der Waals surface area contributed by atoms with E-state index in [0.29, 0.717) is 26.7 Å². The fourth-order valence-corrected chi connectivity index (χ4v) is 3.42. The summed E-state index contributed by atoms with van der Waals surface area (Å²) in [6.07, 6.45) is 0. The van der Waals surface area contributed by atoms with Crippen LogP contribution in [0, 0.1) is 0 Å². The monoisotopic (exact) mass is 392 g/mol. The van der Waals surface area contributed by atoms with Crippen molar-refractivity contribution in [3.05, 3.63) is 46.4 Å². The predicted octanol–water partition coefficient (Wildman–Crippen LogP) is 4.33. The quantitative estimate of drug-likeness (QED) is 0.717. The third-order valence-electron chi connectivity index (χ3n) is 3.24. The Balaban J connectivity index is 1.91. The van der Waals surface area contributed by atoms with Crippen molar-refractivity contribution in [2.75, 3.05) is 19.5 Å². The van der Waals surface area contributed by atoms with E-state index in [1.165, 1.54) is 11.3 Å². The molecule has 0 aliphatic heterocycles. The molecule has 0 saturated heterocycles. The molecule has 1 N–H and O–H groups in total. The highest BCUT2D eigenvalue weighted by Crippen LogP contribution is 2.32. The number of carbonyl (C=O) groups is 1. The number of anilines is 1. The Kier molecular flexibility index (Phi) is 4.49. The number of benzene rings is 2. The zero-order chi connectivity index (χ0) is 16.4. The summed E-state index contributed by atoms with van der Waals surface area (Å²) in [6.45, 7) is 0. The lowest BCUT2D eigenvalue weighted by Crippen LogP contribution is -2.12. The SMILES string of the molecule is COc1ccc(Br)c(C(=O)Nc2nc3c(OC)cccc3s2)c1. The smallest absolute Gasteiger partial charge is 0.258 e. The second kappa shape index (κ2) is 6.55. The highest BCUT2D eigenvalue weighted by atomic mass is 79.9. The van der Waals surface area contributed by atoms with Crippen molar-refractivity contribution in [3.8, 4) is 11.5 Å². The van der Waals surface area contributed by atoms with Crippen molar-refractivity contribution in [3.63, 3.8) is 0 Å². The van der Waals surface area contributed by atoms with E-state index in [2.05, 4.69) is 26.2 Å². The predicted molar refractivity (Wildman–Crippen MR) is 94.8 cm³/mol. The zero-order valence-electron chi connectivity index (χ0n) is 12.4. The lowest BCUT2D eigenvalue weighted by molar-refractivity contribution is 0.102. The van der Waals surface area contributed by atoms with Crippen LogP contribution in [-0.4, -0.2) is 25.1 Å². The van der Waals surface area contributed by atoms with Crippen molar-refractivity contribution in [1.82, 2.24) is 4.98 Å². The molecule has 5 nitrogen and oxygen atoms in total. The van der Waals surface area contributed by atoms with E-state index in [9.17, 15) is 4.79 Å². The molecule has 2 aromatic carbocycles. The summed E-state index contributed by atoms with van der Waals surface area (Å²) in [6, 6.07) is 10.9. The number of aromatic nitrogens is 1. The van der Waals surface area contributed by atoms with E-state index >= 15 is 0 Å². The number of nitrogens with zero attached hydrogens (tertiary/aromatic N) is 1. The average Bonchev–Trinajstić information content (AvgIpc) is 2.97. The topological polar surface area (TPSA) is 60.5 Å². The van der Waals surface area contributed by atoms with Crippen molar-refractivity contribution >= 4 is 48.5 Å². The number of hydrogen-bond donors (Lipinski definition) is 1. The number of rotatable bonds is 4. The minimum absolute atomic E-state index is 0.256. The molecule has 7 heteroatoms. The molecule has 0 radical (unpaired) electrons. The number of nitrogens with one attached hydrogen (secondary N) is 1. The second-order valence-electron chi connectivity index (χ2n) is 4.63. The van der Waals surface area contributed by atoms with Gasteiger partial charge in [-0.15, -0.1) is 0 Å². The van der Waals surface area contributed by atoms with Crippen LogP contribution in [0.2, 0.25) is 0 Å². The summed E-state index contributed by atoms with van der Waals surface area (Å²) >= 11 is 4.77. The van der Waals surface area contributed by atoms with E-state index in [0.717, 1.165) is 10.2 Å². The van der Waals surface area contributed by atoms with E-state index in [4.69, 9.17) is 9.47 Å². The molecule has 23 heavy (non-hydrogen) atoms. The van der Waals surface area contributed by atoms with Crippen LogP contribution >= 0.6 is 27.3 Å². The van der Waals surface area contributed by atoms with Gasteiger partial charge in [0.1, 0.15) is 17.0 Å². The van der Waals surface area contributed by atoms with Crippen LogP contribution in [-0.2, 0) is 0 Å². The molecule has 0 aliphatic rings. The van der Waals surface area contributed by atoms with Gasteiger partial charge in [0.05, 0.1) is 24.5 Å². The number of para-hydroxylation sites is 1. The van der Waals surface area contributed by atoms with E-state index in [-0.39, 0.29) is 5.91 Å².